The van der Waals surface area contributed by atoms with Gasteiger partial charge in [-0.15, -0.1) is 0 Å². The fourth-order valence-electron chi connectivity index (χ4n) is 1.89. The minimum absolute atomic E-state index is 0.565. The standard InChI is InChI=1S/C9H19NO2/c1-10-8(6-11-2)4-5-9(10)7-12-3/h8-10H,1,4-7H2,2-3H3/t8-,9+. The van der Waals surface area contributed by atoms with Gasteiger partial charge in [-0.25, -0.2) is 0 Å². The quantitative estimate of drug-likeness (QED) is 0.578. The maximum Gasteiger partial charge on any atom is 0.0959 e. The van der Waals surface area contributed by atoms with Crippen molar-refractivity contribution < 1.29 is 14.4 Å². The van der Waals surface area contributed by atoms with Crippen molar-refractivity contribution >= 4 is 0 Å². The summed E-state index contributed by atoms with van der Waals surface area (Å²) in [5.41, 5.74) is 0. The van der Waals surface area contributed by atoms with Crippen LogP contribution >= 0.6 is 0 Å². The first kappa shape index (κ1) is 9.96. The summed E-state index contributed by atoms with van der Waals surface area (Å²) in [6, 6.07) is 1.13. The molecule has 1 N–H and O–H groups in total. The van der Waals surface area contributed by atoms with E-state index < -0.39 is 0 Å². The molecule has 1 aliphatic rings. The highest BCUT2D eigenvalue weighted by Gasteiger charge is 2.30. The molecule has 0 aliphatic carbocycles. The Labute approximate surface area is 74.6 Å². The molecule has 0 aromatic rings. The second-order valence-corrected chi connectivity index (χ2v) is 3.46. The Kier molecular flexibility index (Phi) is 3.98. The van der Waals surface area contributed by atoms with Crippen LogP contribution < -0.4 is 4.90 Å². The number of hydrogen-bond acceptors (Lipinski definition) is 2. The zero-order valence-electron chi connectivity index (χ0n) is 8.01. The predicted octanol–water partition coefficient (Wildman–Crippen LogP) is -0.513. The number of hydrogen-bond donors (Lipinski definition) is 1. The number of quaternary nitrogens is 1. The molecule has 1 heterocycles. The van der Waals surface area contributed by atoms with Gasteiger partial charge >= 0.3 is 0 Å². The van der Waals surface area contributed by atoms with Crippen molar-refractivity contribution in [2.45, 2.75) is 24.9 Å². The van der Waals surface area contributed by atoms with Crippen molar-refractivity contribution in [2.24, 2.45) is 0 Å². The lowest BCUT2D eigenvalue weighted by atomic mass is 10.2. The highest BCUT2D eigenvalue weighted by Crippen LogP contribution is 2.06. The zero-order chi connectivity index (χ0) is 8.97. The second kappa shape index (κ2) is 4.80. The van der Waals surface area contributed by atoms with Crippen molar-refractivity contribution in [3.8, 4) is 0 Å². The maximum atomic E-state index is 5.12. The number of rotatable bonds is 4. The van der Waals surface area contributed by atoms with Gasteiger partial charge in [0.15, 0.2) is 0 Å². The Morgan fingerprint density at radius 3 is 1.92 bits per heavy atom. The van der Waals surface area contributed by atoms with Gasteiger partial charge in [0, 0.05) is 27.1 Å². The van der Waals surface area contributed by atoms with Crippen molar-refractivity contribution in [2.75, 3.05) is 27.4 Å². The predicted molar refractivity (Wildman–Crippen MR) is 46.9 cm³/mol. The van der Waals surface area contributed by atoms with Gasteiger partial charge in [-0.1, -0.05) is 0 Å². The van der Waals surface area contributed by atoms with Crippen molar-refractivity contribution in [3.63, 3.8) is 0 Å². The summed E-state index contributed by atoms with van der Waals surface area (Å²) in [6.45, 7) is 1.64. The lowest BCUT2D eigenvalue weighted by Crippen LogP contribution is -3.13. The highest BCUT2D eigenvalue weighted by atomic mass is 16.5. The van der Waals surface area contributed by atoms with E-state index in [1.165, 1.54) is 17.7 Å². The third-order valence-electron chi connectivity index (χ3n) is 2.65. The highest BCUT2D eigenvalue weighted by molar-refractivity contribution is 4.70. The van der Waals surface area contributed by atoms with Crippen LogP contribution in [0.5, 0.6) is 0 Å². The van der Waals surface area contributed by atoms with Crippen LogP contribution in [-0.4, -0.2) is 39.5 Å². The smallest absolute Gasteiger partial charge is 0.0959 e. The molecule has 1 rings (SSSR count). The van der Waals surface area contributed by atoms with E-state index in [0.29, 0.717) is 12.1 Å². The maximum absolute atomic E-state index is 5.12. The topological polar surface area (TPSA) is 22.9 Å². The summed E-state index contributed by atoms with van der Waals surface area (Å²) in [4.78, 5) is 1.32. The van der Waals surface area contributed by atoms with Crippen LogP contribution in [-0.2, 0) is 9.47 Å². The fourth-order valence-corrected chi connectivity index (χ4v) is 1.89. The van der Waals surface area contributed by atoms with Crippen LogP contribution in [0.25, 0.3) is 0 Å². The lowest BCUT2D eigenvalue weighted by Gasteiger charge is -2.28. The molecule has 0 aromatic heterocycles. The fraction of sp³-hybridized carbons (Fsp3) is 0.889. The summed E-state index contributed by atoms with van der Waals surface area (Å²) in [5.74, 6) is 0. The van der Waals surface area contributed by atoms with Gasteiger partial charge in [-0.2, -0.15) is 7.05 Å². The molecule has 0 saturated carbocycles. The Bertz CT molecular complexity index is 116. The summed E-state index contributed by atoms with van der Waals surface area (Å²) in [5, 5.41) is 0. The van der Waals surface area contributed by atoms with Crippen LogP contribution in [0.1, 0.15) is 12.8 Å². The van der Waals surface area contributed by atoms with Crippen LogP contribution in [0.3, 0.4) is 0 Å². The largest absolute Gasteiger partial charge is 0.459 e. The average Bonchev–Trinajstić information content (AvgIpc) is 2.38. The van der Waals surface area contributed by atoms with Gasteiger partial charge in [0.2, 0.25) is 0 Å². The van der Waals surface area contributed by atoms with E-state index in [4.69, 9.17) is 9.47 Å². The van der Waals surface area contributed by atoms with Crippen LogP contribution in [0.15, 0.2) is 0 Å². The van der Waals surface area contributed by atoms with Gasteiger partial charge < -0.3 is 14.4 Å². The summed E-state index contributed by atoms with van der Waals surface area (Å²) in [6.07, 6.45) is 2.42. The first-order valence-corrected chi connectivity index (χ1v) is 4.46. The van der Waals surface area contributed by atoms with Gasteiger partial charge in [0.25, 0.3) is 0 Å². The number of ether oxygens (including phenoxy) is 2. The molecule has 3 nitrogen and oxygen atoms in total. The first-order chi connectivity index (χ1) is 5.79. The van der Waals surface area contributed by atoms with Gasteiger partial charge in [-0.3, -0.25) is 0 Å². The molecule has 1 unspecified atom stereocenters. The van der Waals surface area contributed by atoms with E-state index >= 15 is 0 Å². The minimum atomic E-state index is 0.565. The van der Waals surface area contributed by atoms with E-state index in [0.717, 1.165) is 13.2 Å². The minimum Gasteiger partial charge on any atom is -0.459 e. The normalized spacial score (nSPS) is 35.8. The first-order valence-electron chi connectivity index (χ1n) is 4.46. The molecule has 0 aromatic carbocycles. The molecule has 0 amide bonds. The van der Waals surface area contributed by atoms with Crippen molar-refractivity contribution in [1.82, 2.24) is 0 Å². The van der Waals surface area contributed by atoms with E-state index in [-0.39, 0.29) is 0 Å². The van der Waals surface area contributed by atoms with Crippen LogP contribution in [0.2, 0.25) is 0 Å². The Morgan fingerprint density at radius 1 is 1.17 bits per heavy atom. The molecule has 3 heteroatoms. The molecule has 1 aliphatic heterocycles. The van der Waals surface area contributed by atoms with Crippen molar-refractivity contribution in [1.29, 1.82) is 0 Å². The molecule has 0 spiro atoms. The molecule has 1 fully saturated rings. The summed E-state index contributed by atoms with van der Waals surface area (Å²) in [7, 11) is 7.59. The van der Waals surface area contributed by atoms with Gasteiger partial charge in [-0.05, 0) is 0 Å². The third kappa shape index (κ3) is 2.19. The third-order valence-corrected chi connectivity index (χ3v) is 2.65. The molecule has 3 atom stereocenters. The van der Waals surface area contributed by atoms with Crippen LogP contribution in [0, 0.1) is 7.05 Å². The van der Waals surface area contributed by atoms with Crippen molar-refractivity contribution in [3.05, 3.63) is 7.05 Å². The molecule has 0 radical (unpaired) electrons. The summed E-state index contributed by atoms with van der Waals surface area (Å²) < 4.78 is 10.2. The number of methoxy groups -OCH3 is 2. The molecule has 1 saturated heterocycles. The number of nitrogens with one attached hydrogen (secondary N) is 1. The molecule has 0 bridgehead atoms. The molecular formula is C9H19NO2. The van der Waals surface area contributed by atoms with Crippen LogP contribution in [0.4, 0.5) is 0 Å². The van der Waals surface area contributed by atoms with E-state index in [2.05, 4.69) is 7.05 Å². The van der Waals surface area contributed by atoms with E-state index in [1.54, 1.807) is 14.2 Å². The average molecular weight is 173 g/mol. The zero-order valence-corrected chi connectivity index (χ0v) is 8.01. The van der Waals surface area contributed by atoms with E-state index in [1.807, 2.05) is 0 Å². The van der Waals surface area contributed by atoms with Gasteiger partial charge in [0.05, 0.1) is 25.3 Å². The SMILES string of the molecule is [CH2-][NH+]1[C@@H](COC)CC[C@H]1COC. The molecular weight excluding hydrogens is 154 g/mol. The second-order valence-electron chi connectivity index (χ2n) is 3.46. The van der Waals surface area contributed by atoms with Gasteiger partial charge in [0.1, 0.15) is 0 Å². The number of likely N-dealkylation sites (tertiary alicyclic amines) is 1. The summed E-state index contributed by atoms with van der Waals surface area (Å²) >= 11 is 0. The molecule has 72 valence electrons. The Hall–Kier alpha value is -0.120. The Balaban J connectivity index is 2.32. The Morgan fingerprint density at radius 2 is 1.58 bits per heavy atom. The van der Waals surface area contributed by atoms with E-state index in [9.17, 15) is 0 Å². The lowest BCUT2D eigenvalue weighted by molar-refractivity contribution is -0.893. The monoisotopic (exact) mass is 173 g/mol. The molecule has 12 heavy (non-hydrogen) atoms.